The van der Waals surface area contributed by atoms with E-state index in [9.17, 15) is 0 Å². The summed E-state index contributed by atoms with van der Waals surface area (Å²) in [4.78, 5) is 8.79. The Morgan fingerprint density at radius 1 is 1.40 bits per heavy atom. The second kappa shape index (κ2) is 5.42. The van der Waals surface area contributed by atoms with Crippen LogP contribution in [0.1, 0.15) is 30.6 Å². The van der Waals surface area contributed by atoms with Gasteiger partial charge in [0.25, 0.3) is 0 Å². The van der Waals surface area contributed by atoms with Crippen molar-refractivity contribution >= 4 is 11.0 Å². The molecule has 6 heteroatoms. The van der Waals surface area contributed by atoms with E-state index in [1.807, 2.05) is 22.9 Å². The van der Waals surface area contributed by atoms with Crippen LogP contribution in [-0.2, 0) is 19.5 Å². The Morgan fingerprint density at radius 2 is 2.30 bits per heavy atom. The topological polar surface area (TPSA) is 82.8 Å². The van der Waals surface area contributed by atoms with Crippen molar-refractivity contribution in [3.63, 3.8) is 0 Å². The summed E-state index contributed by atoms with van der Waals surface area (Å²) < 4.78 is 7.21. The van der Waals surface area contributed by atoms with Gasteiger partial charge in [-0.25, -0.2) is 4.98 Å². The fourth-order valence-corrected chi connectivity index (χ4v) is 2.30. The van der Waals surface area contributed by atoms with E-state index in [4.69, 9.17) is 10.3 Å². The number of pyridine rings is 1. The van der Waals surface area contributed by atoms with E-state index >= 15 is 0 Å². The first-order valence-electron chi connectivity index (χ1n) is 6.76. The van der Waals surface area contributed by atoms with Crippen LogP contribution < -0.4 is 5.73 Å². The molecule has 0 fully saturated rings. The van der Waals surface area contributed by atoms with Gasteiger partial charge in [0.05, 0.1) is 6.54 Å². The normalized spacial score (nSPS) is 11.3. The summed E-state index contributed by atoms with van der Waals surface area (Å²) in [6.45, 7) is 3.12. The molecule has 0 amide bonds. The molecule has 3 heterocycles. The maximum Gasteiger partial charge on any atom is 0.226 e. The van der Waals surface area contributed by atoms with Gasteiger partial charge in [0.2, 0.25) is 5.89 Å². The monoisotopic (exact) mass is 271 g/mol. The van der Waals surface area contributed by atoms with Gasteiger partial charge >= 0.3 is 0 Å². The Morgan fingerprint density at radius 3 is 3.10 bits per heavy atom. The van der Waals surface area contributed by atoms with Gasteiger partial charge < -0.3 is 14.8 Å². The first kappa shape index (κ1) is 12.8. The van der Waals surface area contributed by atoms with Crippen LogP contribution in [0.2, 0.25) is 0 Å². The second-order valence-electron chi connectivity index (χ2n) is 4.72. The van der Waals surface area contributed by atoms with Gasteiger partial charge in [-0.05, 0) is 24.1 Å². The molecular formula is C14H17N5O. The molecule has 0 radical (unpaired) electrons. The van der Waals surface area contributed by atoms with Crippen LogP contribution in [0.15, 0.2) is 29.0 Å². The number of rotatable bonds is 5. The number of aromatic nitrogens is 4. The predicted octanol–water partition coefficient (Wildman–Crippen LogP) is 1.88. The zero-order valence-electron chi connectivity index (χ0n) is 11.4. The molecule has 3 rings (SSSR count). The molecule has 0 aliphatic rings. The summed E-state index contributed by atoms with van der Waals surface area (Å²) in [7, 11) is 0. The minimum absolute atomic E-state index is 0.489. The Balaban J connectivity index is 1.93. The molecule has 3 aromatic rings. The van der Waals surface area contributed by atoms with Crippen molar-refractivity contribution in [1.82, 2.24) is 19.7 Å². The summed E-state index contributed by atoms with van der Waals surface area (Å²) in [6.07, 6.45) is 5.59. The van der Waals surface area contributed by atoms with Crippen LogP contribution in [0, 0.1) is 0 Å². The number of hydrogen-bond donors (Lipinski definition) is 1. The van der Waals surface area contributed by atoms with Gasteiger partial charge in [-0.2, -0.15) is 4.98 Å². The summed E-state index contributed by atoms with van der Waals surface area (Å²) in [6, 6.07) is 3.94. The minimum atomic E-state index is 0.489. The van der Waals surface area contributed by atoms with E-state index in [0.29, 0.717) is 24.8 Å². The smallest absolute Gasteiger partial charge is 0.226 e. The van der Waals surface area contributed by atoms with E-state index in [-0.39, 0.29) is 0 Å². The Kier molecular flexibility index (Phi) is 3.47. The van der Waals surface area contributed by atoms with Crippen molar-refractivity contribution in [1.29, 1.82) is 0 Å². The number of aryl methyl sites for hydroxylation is 1. The van der Waals surface area contributed by atoms with Crippen molar-refractivity contribution in [3.8, 4) is 0 Å². The molecule has 3 aromatic heterocycles. The quantitative estimate of drug-likeness (QED) is 0.766. The molecule has 6 nitrogen and oxygen atoms in total. The highest BCUT2D eigenvalue weighted by Crippen LogP contribution is 2.19. The fourth-order valence-electron chi connectivity index (χ4n) is 2.30. The highest BCUT2D eigenvalue weighted by Gasteiger charge is 2.11. The van der Waals surface area contributed by atoms with Crippen LogP contribution in [0.3, 0.4) is 0 Å². The van der Waals surface area contributed by atoms with Crippen molar-refractivity contribution < 1.29 is 4.52 Å². The fraction of sp³-hybridized carbons (Fsp3) is 0.357. The average molecular weight is 271 g/mol. The SMILES string of the molecule is CCCc1nc(Cn2cc(CN)c3cccnc32)no1. The van der Waals surface area contributed by atoms with Gasteiger partial charge in [0, 0.05) is 30.7 Å². The molecule has 0 saturated heterocycles. The molecule has 0 aromatic carbocycles. The van der Waals surface area contributed by atoms with Gasteiger partial charge in [-0.15, -0.1) is 0 Å². The zero-order valence-corrected chi connectivity index (χ0v) is 11.4. The maximum atomic E-state index is 5.78. The maximum absolute atomic E-state index is 5.78. The molecule has 0 spiro atoms. The van der Waals surface area contributed by atoms with Crippen molar-refractivity contribution in [2.45, 2.75) is 32.9 Å². The molecule has 0 unspecified atom stereocenters. The van der Waals surface area contributed by atoms with Crippen LogP contribution in [0.4, 0.5) is 0 Å². The number of fused-ring (bicyclic) bond motifs is 1. The van der Waals surface area contributed by atoms with Crippen LogP contribution >= 0.6 is 0 Å². The van der Waals surface area contributed by atoms with Gasteiger partial charge in [-0.3, -0.25) is 0 Å². The first-order valence-corrected chi connectivity index (χ1v) is 6.76. The highest BCUT2D eigenvalue weighted by atomic mass is 16.5. The van der Waals surface area contributed by atoms with Gasteiger partial charge in [0.1, 0.15) is 5.65 Å². The van der Waals surface area contributed by atoms with E-state index in [2.05, 4.69) is 22.0 Å². The van der Waals surface area contributed by atoms with Crippen LogP contribution in [0.25, 0.3) is 11.0 Å². The molecule has 0 aliphatic carbocycles. The molecule has 0 aliphatic heterocycles. The molecular weight excluding hydrogens is 254 g/mol. The Hall–Kier alpha value is -2.21. The molecule has 0 atom stereocenters. The largest absolute Gasteiger partial charge is 0.339 e. The summed E-state index contributed by atoms with van der Waals surface area (Å²) in [5, 5.41) is 5.08. The molecule has 0 saturated carbocycles. The number of nitrogens with zero attached hydrogens (tertiary/aromatic N) is 4. The summed E-state index contributed by atoms with van der Waals surface area (Å²) in [5.41, 5.74) is 7.75. The van der Waals surface area contributed by atoms with Crippen LogP contribution in [0.5, 0.6) is 0 Å². The van der Waals surface area contributed by atoms with Crippen molar-refractivity contribution in [3.05, 3.63) is 41.8 Å². The van der Waals surface area contributed by atoms with E-state index in [1.54, 1.807) is 6.20 Å². The Bertz CT molecular complexity index is 715. The first-order chi connectivity index (χ1) is 9.81. The third-order valence-electron chi connectivity index (χ3n) is 3.22. The van der Waals surface area contributed by atoms with Crippen molar-refractivity contribution in [2.75, 3.05) is 0 Å². The lowest BCUT2D eigenvalue weighted by Crippen LogP contribution is -2.01. The number of nitrogens with two attached hydrogens (primary N) is 1. The zero-order chi connectivity index (χ0) is 13.9. The highest BCUT2D eigenvalue weighted by molar-refractivity contribution is 5.80. The lowest BCUT2D eigenvalue weighted by atomic mass is 10.2. The number of hydrogen-bond acceptors (Lipinski definition) is 5. The summed E-state index contributed by atoms with van der Waals surface area (Å²) >= 11 is 0. The lowest BCUT2D eigenvalue weighted by molar-refractivity contribution is 0.371. The molecule has 0 bridgehead atoms. The second-order valence-corrected chi connectivity index (χ2v) is 4.72. The third-order valence-corrected chi connectivity index (χ3v) is 3.22. The molecule has 20 heavy (non-hydrogen) atoms. The van der Waals surface area contributed by atoms with Gasteiger partial charge in [0.15, 0.2) is 5.82 Å². The molecule has 2 N–H and O–H groups in total. The van der Waals surface area contributed by atoms with E-state index in [1.165, 1.54) is 0 Å². The summed E-state index contributed by atoms with van der Waals surface area (Å²) in [5.74, 6) is 1.35. The van der Waals surface area contributed by atoms with Crippen molar-refractivity contribution in [2.24, 2.45) is 5.73 Å². The standard InChI is InChI=1S/C14H17N5O/c1-2-4-13-17-12(18-20-13)9-19-8-10(7-15)11-5-3-6-16-14(11)19/h3,5-6,8H,2,4,7,9,15H2,1H3. The Labute approximate surface area is 116 Å². The van der Waals surface area contributed by atoms with Gasteiger partial charge in [-0.1, -0.05) is 12.1 Å². The predicted molar refractivity (Wildman–Crippen MR) is 75.0 cm³/mol. The average Bonchev–Trinajstić information content (AvgIpc) is 3.05. The van der Waals surface area contributed by atoms with E-state index < -0.39 is 0 Å². The lowest BCUT2D eigenvalue weighted by Gasteiger charge is -1.99. The van der Waals surface area contributed by atoms with E-state index in [0.717, 1.165) is 29.4 Å². The minimum Gasteiger partial charge on any atom is -0.339 e. The molecule has 104 valence electrons. The van der Waals surface area contributed by atoms with Crippen LogP contribution in [-0.4, -0.2) is 19.7 Å². The third kappa shape index (κ3) is 2.30.